The molecule has 1 aromatic heterocycles. The highest BCUT2D eigenvalue weighted by Gasteiger charge is 2.23. The van der Waals surface area contributed by atoms with Gasteiger partial charge in [-0.1, -0.05) is 0 Å². The topological polar surface area (TPSA) is 109 Å². The van der Waals surface area contributed by atoms with E-state index in [0.29, 0.717) is 6.41 Å². The van der Waals surface area contributed by atoms with Crippen LogP contribution >= 0.6 is 11.3 Å². The monoisotopic (exact) mass is 215 g/mol. The number of carbonyl (C=O) groups excluding carboxylic acids is 1. The molecule has 0 aliphatic carbocycles. The molecule has 1 heterocycles. The number of thiazole rings is 1. The number of nitrogens with zero attached hydrogens (tertiary/aromatic N) is 2. The Kier molecular flexibility index (Phi) is 3.24. The summed E-state index contributed by atoms with van der Waals surface area (Å²) in [6.45, 7) is 0. The second-order valence-corrected chi connectivity index (χ2v) is 3.04. The third-order valence-corrected chi connectivity index (χ3v) is 2.12. The summed E-state index contributed by atoms with van der Waals surface area (Å²) in [7, 11) is 0. The summed E-state index contributed by atoms with van der Waals surface area (Å²) < 4.78 is 0. The fraction of sp³-hybridized carbons (Fsp3) is 0.167. The molecule has 1 unspecified atom stereocenters. The van der Waals surface area contributed by atoms with Crippen molar-refractivity contribution in [2.45, 2.75) is 6.04 Å². The third kappa shape index (κ3) is 2.10. The first-order chi connectivity index (χ1) is 6.69. The molecule has 74 valence electrons. The van der Waals surface area contributed by atoms with Gasteiger partial charge in [0.2, 0.25) is 12.5 Å². The Morgan fingerprint density at radius 3 is 3.00 bits per heavy atom. The maximum atomic E-state index is 10.5. The highest BCUT2D eigenvalue weighted by Crippen LogP contribution is 2.22. The summed E-state index contributed by atoms with van der Waals surface area (Å²) >= 11 is 1.02. The number of carboxylic acid groups (broad SMARTS) is 1. The number of carboxylic acids is 1. The van der Waals surface area contributed by atoms with Crippen molar-refractivity contribution in [1.29, 1.82) is 0 Å². The van der Waals surface area contributed by atoms with Gasteiger partial charge in [0.15, 0.2) is 5.13 Å². The van der Waals surface area contributed by atoms with E-state index in [4.69, 9.17) is 5.11 Å². The van der Waals surface area contributed by atoms with E-state index in [-0.39, 0.29) is 10.8 Å². The molecule has 0 aliphatic heterocycles. The first kappa shape index (κ1) is 10.3. The summed E-state index contributed by atoms with van der Waals surface area (Å²) in [5, 5.41) is 14.8. The molecule has 14 heavy (non-hydrogen) atoms. The van der Waals surface area contributed by atoms with Gasteiger partial charge in [-0.15, -0.1) is 16.2 Å². The van der Waals surface area contributed by atoms with E-state index in [1.165, 1.54) is 5.38 Å². The normalized spacial score (nSPS) is 11.7. The van der Waals surface area contributed by atoms with E-state index >= 15 is 0 Å². The van der Waals surface area contributed by atoms with Gasteiger partial charge in [0.25, 0.3) is 0 Å². The van der Waals surface area contributed by atoms with Gasteiger partial charge >= 0.3 is 5.97 Å². The lowest BCUT2D eigenvalue weighted by Crippen LogP contribution is -2.09. The number of anilines is 1. The fourth-order valence-electron chi connectivity index (χ4n) is 0.754. The number of carbonyl (C=O) groups is 2. The SMILES string of the molecule is O=CNc1nc(C(N=O)C(=O)O)cs1. The van der Waals surface area contributed by atoms with Crippen molar-refractivity contribution in [3.05, 3.63) is 16.0 Å². The van der Waals surface area contributed by atoms with Crippen LogP contribution in [0.15, 0.2) is 10.6 Å². The molecule has 0 saturated carbocycles. The maximum absolute atomic E-state index is 10.5. The number of nitroso groups, excluding NO2 is 1. The Bertz CT molecular complexity index is 364. The summed E-state index contributed by atoms with van der Waals surface area (Å²) in [6.07, 6.45) is 0.409. The average Bonchev–Trinajstić information content (AvgIpc) is 2.54. The molecule has 2 N–H and O–H groups in total. The summed E-state index contributed by atoms with van der Waals surface area (Å²) in [4.78, 5) is 34.3. The Morgan fingerprint density at radius 1 is 1.79 bits per heavy atom. The van der Waals surface area contributed by atoms with Crippen LogP contribution in [0.2, 0.25) is 0 Å². The van der Waals surface area contributed by atoms with E-state index in [9.17, 15) is 14.5 Å². The smallest absolute Gasteiger partial charge is 0.338 e. The highest BCUT2D eigenvalue weighted by molar-refractivity contribution is 7.13. The molecule has 0 aromatic carbocycles. The highest BCUT2D eigenvalue weighted by atomic mass is 32.1. The number of hydrogen-bond acceptors (Lipinski definition) is 6. The van der Waals surface area contributed by atoms with Crippen molar-refractivity contribution in [3.63, 3.8) is 0 Å². The molecule has 0 saturated heterocycles. The number of aliphatic carboxylic acids is 1. The minimum atomic E-state index is -1.52. The Labute approximate surface area is 81.7 Å². The largest absolute Gasteiger partial charge is 0.479 e. The van der Waals surface area contributed by atoms with Crippen LogP contribution < -0.4 is 5.32 Å². The van der Waals surface area contributed by atoms with E-state index < -0.39 is 12.0 Å². The molecular formula is C6H5N3O4S. The maximum Gasteiger partial charge on any atom is 0.338 e. The first-order valence-corrected chi connectivity index (χ1v) is 4.28. The Hall–Kier alpha value is -1.83. The molecule has 1 aromatic rings. The average molecular weight is 215 g/mol. The second kappa shape index (κ2) is 4.42. The van der Waals surface area contributed by atoms with E-state index in [2.05, 4.69) is 15.5 Å². The van der Waals surface area contributed by atoms with Gasteiger partial charge in [0.05, 0.1) is 5.69 Å². The quantitative estimate of drug-likeness (QED) is 0.552. The van der Waals surface area contributed by atoms with Gasteiger partial charge in [-0.05, 0) is 5.18 Å². The summed E-state index contributed by atoms with van der Waals surface area (Å²) in [5.41, 5.74) is 0.0156. The number of amides is 1. The minimum absolute atomic E-state index is 0.0156. The van der Waals surface area contributed by atoms with Crippen LogP contribution in [0.1, 0.15) is 11.7 Å². The van der Waals surface area contributed by atoms with Crippen LogP contribution in [-0.4, -0.2) is 22.5 Å². The van der Waals surface area contributed by atoms with Crippen molar-refractivity contribution in [2.75, 3.05) is 5.32 Å². The van der Waals surface area contributed by atoms with Gasteiger partial charge in [-0.3, -0.25) is 4.79 Å². The van der Waals surface area contributed by atoms with Crippen LogP contribution in [0.4, 0.5) is 5.13 Å². The van der Waals surface area contributed by atoms with Gasteiger partial charge in [0, 0.05) is 5.38 Å². The van der Waals surface area contributed by atoms with Crippen molar-refractivity contribution in [3.8, 4) is 0 Å². The van der Waals surface area contributed by atoms with Gasteiger partial charge in [-0.2, -0.15) is 0 Å². The van der Waals surface area contributed by atoms with E-state index in [1.54, 1.807) is 0 Å². The van der Waals surface area contributed by atoms with Gasteiger partial charge in [0.1, 0.15) is 0 Å². The lowest BCUT2D eigenvalue weighted by molar-refractivity contribution is -0.138. The number of nitrogens with one attached hydrogen (secondary N) is 1. The molecule has 7 nitrogen and oxygen atoms in total. The molecule has 8 heteroatoms. The molecule has 0 radical (unpaired) electrons. The van der Waals surface area contributed by atoms with E-state index in [1.807, 2.05) is 0 Å². The predicted octanol–water partition coefficient (Wildman–Crippen LogP) is 0.603. The lowest BCUT2D eigenvalue weighted by atomic mass is 10.2. The third-order valence-electron chi connectivity index (χ3n) is 1.32. The zero-order valence-corrected chi connectivity index (χ0v) is 7.52. The summed E-state index contributed by atoms with van der Waals surface area (Å²) in [5.74, 6) is -1.37. The lowest BCUT2D eigenvalue weighted by Gasteiger charge is -1.97. The second-order valence-electron chi connectivity index (χ2n) is 2.19. The first-order valence-electron chi connectivity index (χ1n) is 3.40. The zero-order chi connectivity index (χ0) is 10.6. The molecule has 0 aliphatic rings. The zero-order valence-electron chi connectivity index (χ0n) is 6.71. The van der Waals surface area contributed by atoms with Crippen LogP contribution in [0.5, 0.6) is 0 Å². The minimum Gasteiger partial charge on any atom is -0.479 e. The Balaban J connectivity index is 2.88. The van der Waals surface area contributed by atoms with Gasteiger partial charge < -0.3 is 10.4 Å². The fourth-order valence-corrected chi connectivity index (χ4v) is 1.44. The van der Waals surface area contributed by atoms with Crippen molar-refractivity contribution in [1.82, 2.24) is 4.98 Å². The van der Waals surface area contributed by atoms with Crippen LogP contribution in [0.25, 0.3) is 0 Å². The molecule has 0 spiro atoms. The number of aromatic nitrogens is 1. The Morgan fingerprint density at radius 2 is 2.50 bits per heavy atom. The van der Waals surface area contributed by atoms with Gasteiger partial charge in [-0.25, -0.2) is 9.78 Å². The van der Waals surface area contributed by atoms with Crippen LogP contribution in [0, 0.1) is 4.91 Å². The van der Waals surface area contributed by atoms with Crippen LogP contribution in [-0.2, 0) is 9.59 Å². The number of rotatable bonds is 5. The molecule has 1 atom stereocenters. The van der Waals surface area contributed by atoms with Crippen molar-refractivity contribution < 1.29 is 14.7 Å². The van der Waals surface area contributed by atoms with Crippen molar-refractivity contribution >= 4 is 28.8 Å². The van der Waals surface area contributed by atoms with Crippen molar-refractivity contribution in [2.24, 2.45) is 5.18 Å². The van der Waals surface area contributed by atoms with Crippen LogP contribution in [0.3, 0.4) is 0 Å². The standard InChI is InChI=1S/C6H5N3O4S/c10-2-7-6-8-3(1-14-6)4(9-13)5(11)12/h1-2,4H,(H,11,12)(H,7,8,10). The molecular weight excluding hydrogens is 210 g/mol. The van der Waals surface area contributed by atoms with E-state index in [0.717, 1.165) is 11.3 Å². The predicted molar refractivity (Wildman–Crippen MR) is 48.0 cm³/mol. The molecule has 1 rings (SSSR count). The summed E-state index contributed by atoms with van der Waals surface area (Å²) in [6, 6.07) is -1.52. The molecule has 0 bridgehead atoms. The molecule has 0 fully saturated rings. The number of hydrogen-bond donors (Lipinski definition) is 2. The molecule has 1 amide bonds.